The van der Waals surface area contributed by atoms with Crippen LogP contribution in [-0.2, 0) is 11.3 Å². The zero-order valence-corrected chi connectivity index (χ0v) is 10.4. The van der Waals surface area contributed by atoms with Crippen molar-refractivity contribution in [1.82, 2.24) is 0 Å². The Labute approximate surface area is 109 Å². The van der Waals surface area contributed by atoms with Crippen molar-refractivity contribution in [3.63, 3.8) is 0 Å². The number of amides is 1. The highest BCUT2D eigenvalue weighted by Crippen LogP contribution is 2.35. The Hall–Kier alpha value is -2.01. The van der Waals surface area contributed by atoms with Gasteiger partial charge in [-0.15, -0.1) is 11.3 Å². The van der Waals surface area contributed by atoms with E-state index >= 15 is 0 Å². The molecule has 1 aliphatic heterocycles. The maximum absolute atomic E-state index is 12.0. The molecule has 1 aromatic carbocycles. The van der Waals surface area contributed by atoms with Crippen LogP contribution in [0.3, 0.4) is 0 Å². The first-order valence-electron chi connectivity index (χ1n) is 5.59. The van der Waals surface area contributed by atoms with E-state index in [0.717, 1.165) is 10.6 Å². The molecule has 0 radical (unpaired) electrons. The number of ether oxygens (including phenoxy) is 1. The second kappa shape index (κ2) is 4.34. The highest BCUT2D eigenvalue weighted by molar-refractivity contribution is 7.09. The summed E-state index contributed by atoms with van der Waals surface area (Å²) in [5.74, 6) is 0.668. The van der Waals surface area contributed by atoms with Crippen LogP contribution in [0.25, 0.3) is 0 Å². The van der Waals surface area contributed by atoms with Crippen molar-refractivity contribution in [2.24, 2.45) is 0 Å². The van der Waals surface area contributed by atoms with Gasteiger partial charge < -0.3 is 15.4 Å². The molecule has 18 heavy (non-hydrogen) atoms. The lowest BCUT2D eigenvalue weighted by molar-refractivity contribution is -0.121. The summed E-state index contributed by atoms with van der Waals surface area (Å²) in [4.78, 5) is 14.8. The molecule has 0 spiro atoms. The normalized spacial score (nSPS) is 14.2. The predicted molar refractivity (Wildman–Crippen MR) is 71.9 cm³/mol. The van der Waals surface area contributed by atoms with Crippen molar-refractivity contribution < 1.29 is 9.53 Å². The Kier molecular flexibility index (Phi) is 2.68. The molecule has 5 heteroatoms. The second-order valence-electron chi connectivity index (χ2n) is 4.08. The molecule has 0 atom stereocenters. The van der Waals surface area contributed by atoms with E-state index in [1.54, 1.807) is 34.4 Å². The van der Waals surface area contributed by atoms with Crippen LogP contribution in [0.1, 0.15) is 4.88 Å². The largest absolute Gasteiger partial charge is 0.482 e. The van der Waals surface area contributed by atoms with Crippen molar-refractivity contribution in [2.75, 3.05) is 17.2 Å². The number of thiophene rings is 1. The third-order valence-electron chi connectivity index (χ3n) is 2.82. The number of fused-ring (bicyclic) bond motifs is 1. The fourth-order valence-corrected chi connectivity index (χ4v) is 2.64. The van der Waals surface area contributed by atoms with E-state index in [9.17, 15) is 4.79 Å². The maximum atomic E-state index is 12.0. The number of carbonyl (C=O) groups excluding carboxylic acids is 1. The first-order valence-corrected chi connectivity index (χ1v) is 6.47. The van der Waals surface area contributed by atoms with Gasteiger partial charge in [-0.3, -0.25) is 4.79 Å². The molecule has 0 unspecified atom stereocenters. The summed E-state index contributed by atoms with van der Waals surface area (Å²) in [6.07, 6.45) is 0. The molecule has 3 rings (SSSR count). The van der Waals surface area contributed by atoms with Crippen molar-refractivity contribution in [3.05, 3.63) is 40.6 Å². The van der Waals surface area contributed by atoms with E-state index in [-0.39, 0.29) is 12.5 Å². The fourth-order valence-electron chi connectivity index (χ4n) is 1.95. The molecule has 1 aromatic heterocycles. The molecular weight excluding hydrogens is 248 g/mol. The van der Waals surface area contributed by atoms with Crippen LogP contribution in [-0.4, -0.2) is 12.5 Å². The van der Waals surface area contributed by atoms with Gasteiger partial charge in [0.15, 0.2) is 6.61 Å². The standard InChI is InChI=1S/C13H12N2O2S/c14-9-3-4-12-11(6-9)15(13(16)8-17-12)7-10-2-1-5-18-10/h1-6H,7-8,14H2. The summed E-state index contributed by atoms with van der Waals surface area (Å²) in [6, 6.07) is 9.35. The molecule has 92 valence electrons. The lowest BCUT2D eigenvalue weighted by atomic mass is 10.2. The van der Waals surface area contributed by atoms with E-state index in [1.165, 1.54) is 0 Å². The number of nitrogens with zero attached hydrogens (tertiary/aromatic N) is 1. The van der Waals surface area contributed by atoms with Gasteiger partial charge in [0.1, 0.15) is 5.75 Å². The molecule has 0 saturated carbocycles. The van der Waals surface area contributed by atoms with Gasteiger partial charge in [0.25, 0.3) is 5.91 Å². The Bertz CT molecular complexity index is 581. The fraction of sp³-hybridized carbons (Fsp3) is 0.154. The van der Waals surface area contributed by atoms with Crippen LogP contribution in [0.15, 0.2) is 35.7 Å². The second-order valence-corrected chi connectivity index (χ2v) is 5.11. The monoisotopic (exact) mass is 260 g/mol. The van der Waals surface area contributed by atoms with E-state index in [4.69, 9.17) is 10.5 Å². The maximum Gasteiger partial charge on any atom is 0.265 e. The van der Waals surface area contributed by atoms with Crippen LogP contribution in [0, 0.1) is 0 Å². The van der Waals surface area contributed by atoms with Crippen LogP contribution in [0.2, 0.25) is 0 Å². The molecular formula is C13H12N2O2S. The third-order valence-corrected chi connectivity index (χ3v) is 3.68. The smallest absolute Gasteiger partial charge is 0.265 e. The summed E-state index contributed by atoms with van der Waals surface area (Å²) in [7, 11) is 0. The Morgan fingerprint density at radius 1 is 1.39 bits per heavy atom. The minimum absolute atomic E-state index is 0.0403. The molecule has 0 saturated heterocycles. The Morgan fingerprint density at radius 2 is 2.28 bits per heavy atom. The molecule has 0 bridgehead atoms. The minimum Gasteiger partial charge on any atom is -0.482 e. The van der Waals surface area contributed by atoms with Crippen LogP contribution in [0.4, 0.5) is 11.4 Å². The summed E-state index contributed by atoms with van der Waals surface area (Å²) < 4.78 is 5.40. The van der Waals surface area contributed by atoms with Crippen molar-refractivity contribution in [3.8, 4) is 5.75 Å². The van der Waals surface area contributed by atoms with Crippen LogP contribution >= 0.6 is 11.3 Å². The number of nitrogens with two attached hydrogens (primary N) is 1. The Balaban J connectivity index is 1.98. The molecule has 2 aromatic rings. The Morgan fingerprint density at radius 3 is 3.06 bits per heavy atom. The number of hydrogen-bond acceptors (Lipinski definition) is 4. The van der Waals surface area contributed by atoms with E-state index < -0.39 is 0 Å². The highest BCUT2D eigenvalue weighted by atomic mass is 32.1. The van der Waals surface area contributed by atoms with Gasteiger partial charge in [-0.25, -0.2) is 0 Å². The first kappa shape index (κ1) is 11.1. The summed E-state index contributed by atoms with van der Waals surface area (Å²) in [5, 5.41) is 2.00. The first-order chi connectivity index (χ1) is 8.74. The lowest BCUT2D eigenvalue weighted by Crippen LogP contribution is -2.38. The lowest BCUT2D eigenvalue weighted by Gasteiger charge is -2.29. The number of hydrogen-bond donors (Lipinski definition) is 1. The summed E-state index contributed by atoms with van der Waals surface area (Å²) in [5.41, 5.74) is 7.15. The number of carbonyl (C=O) groups is 1. The molecule has 4 nitrogen and oxygen atoms in total. The van der Waals surface area contributed by atoms with Crippen molar-refractivity contribution in [2.45, 2.75) is 6.54 Å². The SMILES string of the molecule is Nc1ccc2c(c1)N(Cc1cccs1)C(=O)CO2. The highest BCUT2D eigenvalue weighted by Gasteiger charge is 2.25. The van der Waals surface area contributed by atoms with E-state index in [2.05, 4.69) is 0 Å². The molecule has 0 fully saturated rings. The minimum atomic E-state index is -0.0403. The average Bonchev–Trinajstić information content (AvgIpc) is 2.86. The van der Waals surface area contributed by atoms with Crippen LogP contribution < -0.4 is 15.4 Å². The van der Waals surface area contributed by atoms with Gasteiger partial charge in [0.05, 0.1) is 12.2 Å². The topological polar surface area (TPSA) is 55.6 Å². The van der Waals surface area contributed by atoms with Crippen molar-refractivity contribution in [1.29, 1.82) is 0 Å². The summed E-state index contributed by atoms with van der Waals surface area (Å²) in [6.45, 7) is 0.651. The number of nitrogen functional groups attached to an aromatic ring is 1. The van der Waals surface area contributed by atoms with Gasteiger partial charge in [-0.2, -0.15) is 0 Å². The quantitative estimate of drug-likeness (QED) is 0.843. The molecule has 2 heterocycles. The van der Waals surface area contributed by atoms with E-state index in [1.807, 2.05) is 17.5 Å². The van der Waals surface area contributed by atoms with Gasteiger partial charge in [-0.05, 0) is 29.6 Å². The zero-order valence-electron chi connectivity index (χ0n) is 9.63. The molecule has 2 N–H and O–H groups in total. The molecule has 1 amide bonds. The zero-order chi connectivity index (χ0) is 12.5. The number of rotatable bonds is 2. The molecule has 1 aliphatic rings. The van der Waals surface area contributed by atoms with Gasteiger partial charge in [0, 0.05) is 10.6 Å². The van der Waals surface area contributed by atoms with Gasteiger partial charge in [0.2, 0.25) is 0 Å². The predicted octanol–water partition coefficient (Wildman–Crippen LogP) is 2.26. The number of benzene rings is 1. The third kappa shape index (κ3) is 1.93. The number of anilines is 2. The van der Waals surface area contributed by atoms with Gasteiger partial charge in [-0.1, -0.05) is 6.07 Å². The van der Waals surface area contributed by atoms with E-state index in [0.29, 0.717) is 18.0 Å². The molecule has 0 aliphatic carbocycles. The van der Waals surface area contributed by atoms with Crippen LogP contribution in [0.5, 0.6) is 5.75 Å². The summed E-state index contributed by atoms with van der Waals surface area (Å²) >= 11 is 1.63. The average molecular weight is 260 g/mol. The van der Waals surface area contributed by atoms with Crippen molar-refractivity contribution >= 4 is 28.6 Å². The van der Waals surface area contributed by atoms with Gasteiger partial charge >= 0.3 is 0 Å².